The van der Waals surface area contributed by atoms with Gasteiger partial charge >= 0.3 is 5.97 Å². The number of rotatable bonds is 3. The standard InChI is InChI=1S/C11H17NO2S/c1-7-12-10(11(2,3)4)8(15-7)5-6-9(13)14/h5-6H2,1-4H3,(H,13,14). The summed E-state index contributed by atoms with van der Waals surface area (Å²) in [5.41, 5.74) is 1.05. The zero-order valence-electron chi connectivity index (χ0n) is 9.63. The van der Waals surface area contributed by atoms with Gasteiger partial charge in [0.15, 0.2) is 0 Å². The topological polar surface area (TPSA) is 50.2 Å². The van der Waals surface area contributed by atoms with Crippen molar-refractivity contribution in [3.05, 3.63) is 15.6 Å². The average molecular weight is 227 g/mol. The maximum Gasteiger partial charge on any atom is 0.303 e. The fourth-order valence-corrected chi connectivity index (χ4v) is 2.59. The van der Waals surface area contributed by atoms with E-state index in [1.54, 1.807) is 11.3 Å². The van der Waals surface area contributed by atoms with Crippen LogP contribution in [-0.4, -0.2) is 16.1 Å². The molecular weight excluding hydrogens is 210 g/mol. The molecule has 0 aliphatic carbocycles. The van der Waals surface area contributed by atoms with E-state index in [4.69, 9.17) is 5.11 Å². The summed E-state index contributed by atoms with van der Waals surface area (Å²) >= 11 is 1.61. The molecule has 0 unspecified atom stereocenters. The second kappa shape index (κ2) is 4.31. The Bertz CT molecular complexity index is 363. The monoisotopic (exact) mass is 227 g/mol. The number of carboxylic acid groups (broad SMARTS) is 1. The predicted octanol–water partition coefficient (Wildman–Crippen LogP) is 2.77. The molecule has 1 rings (SSSR count). The Balaban J connectivity index is 2.91. The van der Waals surface area contributed by atoms with Crippen molar-refractivity contribution < 1.29 is 9.90 Å². The van der Waals surface area contributed by atoms with Gasteiger partial charge in [0.2, 0.25) is 0 Å². The van der Waals surface area contributed by atoms with Crippen molar-refractivity contribution in [3.63, 3.8) is 0 Å². The van der Waals surface area contributed by atoms with Crippen molar-refractivity contribution in [3.8, 4) is 0 Å². The molecule has 15 heavy (non-hydrogen) atoms. The third kappa shape index (κ3) is 3.30. The number of hydrogen-bond acceptors (Lipinski definition) is 3. The van der Waals surface area contributed by atoms with Crippen molar-refractivity contribution in [1.82, 2.24) is 4.98 Å². The molecule has 4 heteroatoms. The summed E-state index contributed by atoms with van der Waals surface area (Å²) in [4.78, 5) is 16.1. The lowest BCUT2D eigenvalue weighted by molar-refractivity contribution is -0.136. The van der Waals surface area contributed by atoms with Crippen molar-refractivity contribution in [2.24, 2.45) is 0 Å². The first-order chi connectivity index (χ1) is 6.80. The molecule has 0 saturated carbocycles. The van der Waals surface area contributed by atoms with Gasteiger partial charge in [-0.15, -0.1) is 11.3 Å². The van der Waals surface area contributed by atoms with E-state index in [1.807, 2.05) is 6.92 Å². The van der Waals surface area contributed by atoms with Gasteiger partial charge in [0.25, 0.3) is 0 Å². The van der Waals surface area contributed by atoms with E-state index in [2.05, 4.69) is 25.8 Å². The SMILES string of the molecule is Cc1nc(C(C)(C)C)c(CCC(=O)O)s1. The van der Waals surface area contributed by atoms with Crippen LogP contribution in [0.5, 0.6) is 0 Å². The molecule has 1 aromatic heterocycles. The van der Waals surface area contributed by atoms with Crippen LogP contribution in [0.1, 0.15) is 42.8 Å². The molecule has 3 nitrogen and oxygen atoms in total. The predicted molar refractivity (Wildman–Crippen MR) is 61.5 cm³/mol. The molecule has 0 aliphatic rings. The second-order valence-corrected chi connectivity index (χ2v) is 5.94. The smallest absolute Gasteiger partial charge is 0.303 e. The van der Waals surface area contributed by atoms with Gasteiger partial charge in [-0.25, -0.2) is 4.98 Å². The number of carboxylic acids is 1. The minimum Gasteiger partial charge on any atom is -0.481 e. The first-order valence-electron chi connectivity index (χ1n) is 4.99. The van der Waals surface area contributed by atoms with E-state index in [0.29, 0.717) is 6.42 Å². The summed E-state index contributed by atoms with van der Waals surface area (Å²) in [7, 11) is 0. The Morgan fingerprint density at radius 1 is 1.47 bits per heavy atom. The zero-order valence-corrected chi connectivity index (χ0v) is 10.4. The van der Waals surface area contributed by atoms with Crippen LogP contribution in [0.25, 0.3) is 0 Å². The highest BCUT2D eigenvalue weighted by Gasteiger charge is 2.22. The van der Waals surface area contributed by atoms with Gasteiger partial charge in [0.05, 0.1) is 17.1 Å². The van der Waals surface area contributed by atoms with Gasteiger partial charge in [-0.1, -0.05) is 20.8 Å². The van der Waals surface area contributed by atoms with E-state index >= 15 is 0 Å². The van der Waals surface area contributed by atoms with Gasteiger partial charge in [-0.3, -0.25) is 4.79 Å². The number of hydrogen-bond donors (Lipinski definition) is 1. The highest BCUT2D eigenvalue weighted by atomic mass is 32.1. The van der Waals surface area contributed by atoms with E-state index < -0.39 is 5.97 Å². The third-order valence-corrected chi connectivity index (χ3v) is 3.11. The van der Waals surface area contributed by atoms with Crippen LogP contribution in [0, 0.1) is 6.92 Å². The summed E-state index contributed by atoms with van der Waals surface area (Å²) in [6.07, 6.45) is 0.776. The largest absolute Gasteiger partial charge is 0.481 e. The Morgan fingerprint density at radius 2 is 2.07 bits per heavy atom. The molecule has 0 spiro atoms. The number of aliphatic carboxylic acids is 1. The molecule has 1 N–H and O–H groups in total. The maximum atomic E-state index is 10.5. The summed E-state index contributed by atoms with van der Waals surface area (Å²) in [5, 5.41) is 9.67. The molecule has 1 aromatic rings. The fourth-order valence-electron chi connectivity index (χ4n) is 1.45. The molecule has 0 atom stereocenters. The zero-order chi connectivity index (χ0) is 11.6. The minimum atomic E-state index is -0.749. The third-order valence-electron chi connectivity index (χ3n) is 2.08. The Kier molecular flexibility index (Phi) is 3.50. The first-order valence-corrected chi connectivity index (χ1v) is 5.81. The van der Waals surface area contributed by atoms with Gasteiger partial charge in [0.1, 0.15) is 0 Å². The highest BCUT2D eigenvalue weighted by Crippen LogP contribution is 2.30. The minimum absolute atomic E-state index is 0.00139. The van der Waals surface area contributed by atoms with E-state index in [0.717, 1.165) is 15.6 Å². The molecule has 0 bridgehead atoms. The van der Waals surface area contributed by atoms with Gasteiger partial charge in [-0.2, -0.15) is 0 Å². The average Bonchev–Trinajstić information content (AvgIpc) is 2.42. The molecule has 0 radical (unpaired) electrons. The van der Waals surface area contributed by atoms with Crippen LogP contribution in [0.3, 0.4) is 0 Å². The van der Waals surface area contributed by atoms with Crippen molar-refractivity contribution in [2.75, 3.05) is 0 Å². The maximum absolute atomic E-state index is 10.5. The van der Waals surface area contributed by atoms with Crippen molar-refractivity contribution >= 4 is 17.3 Å². The van der Waals surface area contributed by atoms with Crippen LogP contribution in [0.15, 0.2) is 0 Å². The lowest BCUT2D eigenvalue weighted by atomic mass is 9.90. The van der Waals surface area contributed by atoms with Crippen LogP contribution in [0.2, 0.25) is 0 Å². The van der Waals surface area contributed by atoms with Crippen molar-refractivity contribution in [1.29, 1.82) is 0 Å². The number of thiazole rings is 1. The molecule has 0 aromatic carbocycles. The summed E-state index contributed by atoms with van der Waals surface area (Å²) < 4.78 is 0. The fraction of sp³-hybridized carbons (Fsp3) is 0.636. The van der Waals surface area contributed by atoms with Crippen molar-refractivity contribution in [2.45, 2.75) is 46.0 Å². The van der Waals surface area contributed by atoms with Gasteiger partial charge in [0, 0.05) is 10.3 Å². The van der Waals surface area contributed by atoms with Gasteiger partial charge < -0.3 is 5.11 Å². The summed E-state index contributed by atoms with van der Waals surface area (Å²) in [5.74, 6) is -0.749. The molecule has 1 heterocycles. The Hall–Kier alpha value is -0.900. The molecule has 84 valence electrons. The van der Waals surface area contributed by atoms with Gasteiger partial charge in [-0.05, 0) is 13.3 Å². The van der Waals surface area contributed by atoms with E-state index in [1.165, 1.54) is 0 Å². The molecule has 0 amide bonds. The number of carbonyl (C=O) groups is 1. The van der Waals surface area contributed by atoms with Crippen LogP contribution in [0.4, 0.5) is 0 Å². The second-order valence-electron chi connectivity index (χ2n) is 4.65. The van der Waals surface area contributed by atoms with Crippen LogP contribution >= 0.6 is 11.3 Å². The Morgan fingerprint density at radius 3 is 2.53 bits per heavy atom. The quantitative estimate of drug-likeness (QED) is 0.863. The Labute approximate surface area is 94.2 Å². The summed E-state index contributed by atoms with van der Waals surface area (Å²) in [6.45, 7) is 8.27. The lowest BCUT2D eigenvalue weighted by Crippen LogP contribution is -2.14. The number of aryl methyl sites for hydroxylation is 2. The van der Waals surface area contributed by atoms with E-state index in [-0.39, 0.29) is 11.8 Å². The highest BCUT2D eigenvalue weighted by molar-refractivity contribution is 7.11. The van der Waals surface area contributed by atoms with Crippen LogP contribution < -0.4 is 0 Å². The van der Waals surface area contributed by atoms with Crippen LogP contribution in [-0.2, 0) is 16.6 Å². The molecule has 0 fully saturated rings. The normalized spacial score (nSPS) is 11.7. The van der Waals surface area contributed by atoms with E-state index in [9.17, 15) is 4.79 Å². The molecule has 0 aliphatic heterocycles. The summed E-state index contributed by atoms with van der Waals surface area (Å²) in [6, 6.07) is 0. The molecular formula is C11H17NO2S. The molecule has 0 saturated heterocycles. The number of nitrogens with zero attached hydrogens (tertiary/aromatic N) is 1. The first kappa shape index (κ1) is 12.2. The number of aromatic nitrogens is 1. The lowest BCUT2D eigenvalue weighted by Gasteiger charge is -2.17.